The Balaban J connectivity index is 1.95. The van der Waals surface area contributed by atoms with Crippen molar-refractivity contribution in [3.63, 3.8) is 0 Å². The molecule has 0 spiro atoms. The highest BCUT2D eigenvalue weighted by atomic mass is 35.5. The quantitative estimate of drug-likeness (QED) is 0.631. The lowest BCUT2D eigenvalue weighted by Crippen LogP contribution is -2.31. The summed E-state index contributed by atoms with van der Waals surface area (Å²) in [7, 11) is 0. The van der Waals surface area contributed by atoms with Crippen LogP contribution in [0.5, 0.6) is 0 Å². The fourth-order valence-corrected chi connectivity index (χ4v) is 3.32. The Hall–Kier alpha value is -1.50. The van der Waals surface area contributed by atoms with Crippen molar-refractivity contribution < 1.29 is 0 Å². The summed E-state index contributed by atoms with van der Waals surface area (Å²) < 4.78 is 0. The summed E-state index contributed by atoms with van der Waals surface area (Å²) >= 11 is 12.7. The Morgan fingerprint density at radius 1 is 0.857 bits per heavy atom. The van der Waals surface area contributed by atoms with Crippen LogP contribution in [0.2, 0.25) is 0 Å². The van der Waals surface area contributed by atoms with Gasteiger partial charge in [0.1, 0.15) is 4.84 Å². The first-order valence-electron chi connectivity index (χ1n) is 7.01. The summed E-state index contributed by atoms with van der Waals surface area (Å²) in [6, 6.07) is 20.6. The van der Waals surface area contributed by atoms with Gasteiger partial charge in [-0.05, 0) is 23.1 Å². The van der Waals surface area contributed by atoms with E-state index in [4.69, 9.17) is 23.2 Å². The zero-order valence-corrected chi connectivity index (χ0v) is 13.1. The zero-order chi connectivity index (χ0) is 14.7. The lowest BCUT2D eigenvalue weighted by Gasteiger charge is -2.34. The lowest BCUT2D eigenvalue weighted by atomic mass is 9.75. The maximum atomic E-state index is 6.33. The maximum absolute atomic E-state index is 6.33. The molecule has 0 aliphatic heterocycles. The van der Waals surface area contributed by atoms with E-state index < -0.39 is 4.84 Å². The molecule has 106 valence electrons. The minimum atomic E-state index is -0.482. The van der Waals surface area contributed by atoms with Gasteiger partial charge in [-0.1, -0.05) is 78.9 Å². The summed E-state index contributed by atoms with van der Waals surface area (Å²) in [6.07, 6.45) is 7.30. The van der Waals surface area contributed by atoms with E-state index in [0.717, 1.165) is 12.0 Å². The third kappa shape index (κ3) is 2.79. The molecule has 1 aliphatic carbocycles. The van der Waals surface area contributed by atoms with E-state index in [9.17, 15) is 0 Å². The number of benzene rings is 2. The molecule has 0 saturated carbocycles. The van der Waals surface area contributed by atoms with Crippen molar-refractivity contribution in [2.45, 2.75) is 16.7 Å². The molecule has 0 fully saturated rings. The summed E-state index contributed by atoms with van der Waals surface area (Å²) in [5.41, 5.74) is 3.25. The van der Waals surface area contributed by atoms with Crippen LogP contribution < -0.4 is 0 Å². The van der Waals surface area contributed by atoms with Gasteiger partial charge in [-0.3, -0.25) is 0 Å². The normalized spacial score (nSPS) is 21.4. The minimum Gasteiger partial charge on any atom is -0.104 e. The minimum absolute atomic E-state index is 0.345. The van der Waals surface area contributed by atoms with Crippen molar-refractivity contribution in [1.82, 2.24) is 0 Å². The highest BCUT2D eigenvalue weighted by Crippen LogP contribution is 2.42. The van der Waals surface area contributed by atoms with Crippen molar-refractivity contribution >= 4 is 28.8 Å². The third-order valence-corrected chi connectivity index (χ3v) is 4.81. The van der Waals surface area contributed by atoms with Crippen LogP contribution in [0.25, 0.3) is 5.57 Å². The van der Waals surface area contributed by atoms with E-state index in [2.05, 4.69) is 54.6 Å². The Morgan fingerprint density at radius 3 is 2.00 bits per heavy atom. The van der Waals surface area contributed by atoms with Crippen LogP contribution >= 0.6 is 23.2 Å². The predicted molar refractivity (Wildman–Crippen MR) is 91.8 cm³/mol. The molecular formula is C19H16Cl2. The summed E-state index contributed by atoms with van der Waals surface area (Å²) in [5, 5.41) is 0. The summed E-state index contributed by atoms with van der Waals surface area (Å²) in [4.78, 5) is -0.482. The molecule has 2 heteroatoms. The molecule has 0 bridgehead atoms. The standard InChI is InChI=1S/C19H16Cl2/c20-18(21)19(17-9-5-2-6-10-17)13-11-16(12-14-19)15-7-3-1-4-8-15/h1-13,18H,14H2. The number of hydrogen-bond acceptors (Lipinski definition) is 0. The first-order chi connectivity index (χ1) is 10.2. The molecule has 0 heterocycles. The van der Waals surface area contributed by atoms with Crippen molar-refractivity contribution in [3.8, 4) is 0 Å². The second kappa shape index (κ2) is 6.09. The van der Waals surface area contributed by atoms with E-state index in [1.54, 1.807) is 0 Å². The molecule has 0 amide bonds. The number of allylic oxidation sites excluding steroid dienone is 4. The first kappa shape index (κ1) is 14.4. The molecule has 0 nitrogen and oxygen atoms in total. The highest BCUT2D eigenvalue weighted by molar-refractivity contribution is 6.45. The SMILES string of the molecule is ClC(Cl)C1(c2ccccc2)C=CC(c2ccccc2)=CC1. The topological polar surface area (TPSA) is 0 Å². The second-order valence-corrected chi connectivity index (χ2v) is 6.37. The molecule has 0 radical (unpaired) electrons. The van der Waals surface area contributed by atoms with E-state index in [1.807, 2.05) is 24.3 Å². The molecule has 2 aromatic carbocycles. The molecule has 0 saturated heterocycles. The first-order valence-corrected chi connectivity index (χ1v) is 7.88. The van der Waals surface area contributed by atoms with Gasteiger partial charge in [0, 0.05) is 5.41 Å². The molecule has 21 heavy (non-hydrogen) atoms. The largest absolute Gasteiger partial charge is 0.121 e. The van der Waals surface area contributed by atoms with E-state index in [0.29, 0.717) is 0 Å². The highest BCUT2D eigenvalue weighted by Gasteiger charge is 2.36. The van der Waals surface area contributed by atoms with Crippen LogP contribution in [0.1, 0.15) is 17.5 Å². The Labute approximate surface area is 135 Å². The van der Waals surface area contributed by atoms with Crippen LogP contribution in [-0.2, 0) is 5.41 Å². The lowest BCUT2D eigenvalue weighted by molar-refractivity contribution is 0.581. The molecule has 0 aromatic heterocycles. The monoisotopic (exact) mass is 314 g/mol. The van der Waals surface area contributed by atoms with Crippen LogP contribution in [-0.4, -0.2) is 4.84 Å². The fourth-order valence-electron chi connectivity index (χ4n) is 2.75. The molecule has 3 rings (SSSR count). The molecule has 1 atom stereocenters. The summed E-state index contributed by atoms with van der Waals surface area (Å²) in [5.74, 6) is 0. The van der Waals surface area contributed by atoms with Crippen molar-refractivity contribution in [3.05, 3.63) is 90.0 Å². The third-order valence-electron chi connectivity index (χ3n) is 4.03. The predicted octanol–water partition coefficient (Wildman–Crippen LogP) is 5.77. The number of rotatable bonds is 3. The van der Waals surface area contributed by atoms with Gasteiger partial charge in [0.05, 0.1) is 0 Å². The van der Waals surface area contributed by atoms with Gasteiger partial charge >= 0.3 is 0 Å². The second-order valence-electron chi connectivity index (χ2n) is 5.27. The Kier molecular flexibility index (Phi) is 4.19. The van der Waals surface area contributed by atoms with Gasteiger partial charge in [0.25, 0.3) is 0 Å². The number of hydrogen-bond donors (Lipinski definition) is 0. The van der Waals surface area contributed by atoms with Crippen LogP contribution in [0.4, 0.5) is 0 Å². The number of halogens is 2. The van der Waals surface area contributed by atoms with Gasteiger partial charge in [-0.2, -0.15) is 0 Å². The molecule has 0 N–H and O–H groups in total. The van der Waals surface area contributed by atoms with Crippen LogP contribution in [0.3, 0.4) is 0 Å². The van der Waals surface area contributed by atoms with Crippen LogP contribution in [0, 0.1) is 0 Å². The zero-order valence-electron chi connectivity index (χ0n) is 11.5. The Bertz CT molecular complexity index is 656. The average Bonchev–Trinajstić information content (AvgIpc) is 2.56. The van der Waals surface area contributed by atoms with Crippen molar-refractivity contribution in [1.29, 1.82) is 0 Å². The smallest absolute Gasteiger partial charge is 0.104 e. The van der Waals surface area contributed by atoms with E-state index in [1.165, 1.54) is 11.1 Å². The number of alkyl halides is 2. The fraction of sp³-hybridized carbons (Fsp3) is 0.158. The molecule has 1 unspecified atom stereocenters. The van der Waals surface area contributed by atoms with Gasteiger partial charge < -0.3 is 0 Å². The van der Waals surface area contributed by atoms with Crippen molar-refractivity contribution in [2.75, 3.05) is 0 Å². The van der Waals surface area contributed by atoms with Gasteiger partial charge in [-0.15, -0.1) is 23.2 Å². The molecule has 2 aromatic rings. The van der Waals surface area contributed by atoms with E-state index >= 15 is 0 Å². The van der Waals surface area contributed by atoms with Crippen molar-refractivity contribution in [2.24, 2.45) is 0 Å². The summed E-state index contributed by atoms with van der Waals surface area (Å²) in [6.45, 7) is 0. The molecular weight excluding hydrogens is 299 g/mol. The average molecular weight is 315 g/mol. The van der Waals surface area contributed by atoms with Gasteiger partial charge in [-0.25, -0.2) is 0 Å². The Morgan fingerprint density at radius 2 is 1.48 bits per heavy atom. The van der Waals surface area contributed by atoms with Crippen LogP contribution in [0.15, 0.2) is 78.9 Å². The maximum Gasteiger partial charge on any atom is 0.121 e. The molecule has 1 aliphatic rings. The van der Waals surface area contributed by atoms with E-state index in [-0.39, 0.29) is 5.41 Å². The van der Waals surface area contributed by atoms with Gasteiger partial charge in [0.2, 0.25) is 0 Å². The van der Waals surface area contributed by atoms with Gasteiger partial charge in [0.15, 0.2) is 0 Å².